The van der Waals surface area contributed by atoms with E-state index >= 15 is 0 Å². The molecular formula is C22H33FN2O3. The number of amides is 2. The van der Waals surface area contributed by atoms with Gasteiger partial charge in [-0.25, -0.2) is 9.18 Å². The van der Waals surface area contributed by atoms with Gasteiger partial charge in [-0.05, 0) is 63.1 Å². The summed E-state index contributed by atoms with van der Waals surface area (Å²) in [4.78, 5) is 28.2. The maximum atomic E-state index is 13.1. The molecule has 5 nitrogen and oxygen atoms in total. The van der Waals surface area contributed by atoms with E-state index in [1.165, 1.54) is 12.1 Å². The van der Waals surface area contributed by atoms with Crippen LogP contribution in [0.1, 0.15) is 58.4 Å². The van der Waals surface area contributed by atoms with Crippen molar-refractivity contribution in [1.82, 2.24) is 9.80 Å². The van der Waals surface area contributed by atoms with Crippen LogP contribution in [-0.4, -0.2) is 54.1 Å². The van der Waals surface area contributed by atoms with Crippen LogP contribution in [-0.2, 0) is 9.53 Å². The molecule has 1 fully saturated rings. The number of rotatable bonds is 5. The maximum absolute atomic E-state index is 13.1. The minimum absolute atomic E-state index is 0.0459. The monoisotopic (exact) mass is 392 g/mol. The van der Waals surface area contributed by atoms with Crippen LogP contribution in [0, 0.1) is 11.7 Å². The summed E-state index contributed by atoms with van der Waals surface area (Å²) in [6, 6.07) is 6.33. The van der Waals surface area contributed by atoms with Gasteiger partial charge in [0.05, 0.1) is 0 Å². The Labute approximate surface area is 167 Å². The third-order valence-electron chi connectivity index (χ3n) is 5.14. The number of ether oxygens (including phenoxy) is 1. The van der Waals surface area contributed by atoms with E-state index in [9.17, 15) is 14.0 Å². The first kappa shape index (κ1) is 22.2. The molecule has 1 unspecified atom stereocenters. The zero-order valence-electron chi connectivity index (χ0n) is 17.7. The molecule has 1 aliphatic heterocycles. The molecule has 6 heteroatoms. The average Bonchev–Trinajstić information content (AvgIpc) is 2.61. The second-order valence-electron chi connectivity index (χ2n) is 8.84. The first-order valence-corrected chi connectivity index (χ1v) is 10.0. The van der Waals surface area contributed by atoms with Crippen LogP contribution in [0.3, 0.4) is 0 Å². The van der Waals surface area contributed by atoms with Gasteiger partial charge in [-0.2, -0.15) is 0 Å². The topological polar surface area (TPSA) is 49.9 Å². The van der Waals surface area contributed by atoms with E-state index in [0.29, 0.717) is 32.0 Å². The van der Waals surface area contributed by atoms with Crippen LogP contribution in [0.5, 0.6) is 0 Å². The fraction of sp³-hybridized carbons (Fsp3) is 0.636. The zero-order valence-corrected chi connectivity index (χ0v) is 17.7. The van der Waals surface area contributed by atoms with Gasteiger partial charge in [0.2, 0.25) is 5.91 Å². The first-order valence-electron chi connectivity index (χ1n) is 10.0. The highest BCUT2D eigenvalue weighted by Crippen LogP contribution is 2.23. The van der Waals surface area contributed by atoms with Crippen molar-refractivity contribution in [1.29, 1.82) is 0 Å². The fourth-order valence-corrected chi connectivity index (χ4v) is 3.44. The molecule has 0 radical (unpaired) electrons. The minimum Gasteiger partial charge on any atom is -0.444 e. The Morgan fingerprint density at radius 2 is 1.79 bits per heavy atom. The van der Waals surface area contributed by atoms with E-state index in [4.69, 9.17) is 4.74 Å². The lowest BCUT2D eigenvalue weighted by Crippen LogP contribution is -2.44. The molecule has 0 aliphatic carbocycles. The summed E-state index contributed by atoms with van der Waals surface area (Å²) in [5.41, 5.74) is 0.482. The van der Waals surface area contributed by atoms with Crippen molar-refractivity contribution in [2.45, 2.75) is 58.5 Å². The van der Waals surface area contributed by atoms with Crippen molar-refractivity contribution in [2.75, 3.05) is 26.7 Å². The third-order valence-corrected chi connectivity index (χ3v) is 5.14. The van der Waals surface area contributed by atoms with E-state index in [1.54, 1.807) is 21.9 Å². The quantitative estimate of drug-likeness (QED) is 0.745. The van der Waals surface area contributed by atoms with Crippen LogP contribution >= 0.6 is 0 Å². The molecule has 2 amide bonds. The molecular weight excluding hydrogens is 359 g/mol. The lowest BCUT2D eigenvalue weighted by molar-refractivity contribution is -0.131. The average molecular weight is 393 g/mol. The molecule has 0 spiro atoms. The Balaban J connectivity index is 1.77. The summed E-state index contributed by atoms with van der Waals surface area (Å²) in [7, 11) is 1.83. The Bertz CT molecular complexity index is 661. The number of hydrogen-bond donors (Lipinski definition) is 0. The molecule has 1 saturated heterocycles. The molecule has 156 valence electrons. The van der Waals surface area contributed by atoms with Gasteiger partial charge in [0.15, 0.2) is 0 Å². The highest BCUT2D eigenvalue weighted by molar-refractivity contribution is 5.76. The van der Waals surface area contributed by atoms with Crippen molar-refractivity contribution >= 4 is 12.0 Å². The van der Waals surface area contributed by atoms with Crippen LogP contribution in [0.15, 0.2) is 24.3 Å². The summed E-state index contributed by atoms with van der Waals surface area (Å²) in [6.45, 7) is 9.60. The molecule has 0 aromatic heterocycles. The molecule has 1 heterocycles. The van der Waals surface area contributed by atoms with Gasteiger partial charge in [0, 0.05) is 33.1 Å². The van der Waals surface area contributed by atoms with Gasteiger partial charge >= 0.3 is 6.09 Å². The summed E-state index contributed by atoms with van der Waals surface area (Å²) in [5.74, 6) is 0.252. The Hall–Kier alpha value is -2.11. The molecule has 1 aromatic rings. The van der Waals surface area contributed by atoms with Crippen LogP contribution in [0.2, 0.25) is 0 Å². The third kappa shape index (κ3) is 6.80. The van der Waals surface area contributed by atoms with E-state index < -0.39 is 5.60 Å². The molecule has 0 saturated carbocycles. The van der Waals surface area contributed by atoms with Crippen molar-refractivity contribution in [3.05, 3.63) is 35.6 Å². The van der Waals surface area contributed by atoms with E-state index in [0.717, 1.165) is 18.4 Å². The molecule has 1 atom stereocenters. The number of piperidine rings is 1. The number of halogens is 1. The van der Waals surface area contributed by atoms with E-state index in [1.807, 2.05) is 34.7 Å². The van der Waals surface area contributed by atoms with E-state index in [2.05, 4.69) is 0 Å². The Kier molecular flexibility index (Phi) is 7.44. The van der Waals surface area contributed by atoms with Crippen molar-refractivity contribution < 1.29 is 18.7 Å². The second-order valence-corrected chi connectivity index (χ2v) is 8.84. The molecule has 1 aromatic carbocycles. The van der Waals surface area contributed by atoms with Crippen molar-refractivity contribution in [2.24, 2.45) is 5.92 Å². The van der Waals surface area contributed by atoms with Crippen LogP contribution < -0.4 is 0 Å². The molecule has 28 heavy (non-hydrogen) atoms. The standard InChI is InChI=1S/C22H33FN2O3/c1-16(18-6-8-19(23)9-7-18)14-20(26)24(5)15-17-10-12-25(13-11-17)21(27)28-22(2,3)4/h6-9,16-17H,10-15H2,1-5H3. The lowest BCUT2D eigenvalue weighted by atomic mass is 9.95. The van der Waals surface area contributed by atoms with Gasteiger partial charge in [-0.15, -0.1) is 0 Å². The zero-order chi connectivity index (χ0) is 20.9. The van der Waals surface area contributed by atoms with Crippen molar-refractivity contribution in [3.63, 3.8) is 0 Å². The predicted octanol–water partition coefficient (Wildman–Crippen LogP) is 4.42. The van der Waals surface area contributed by atoms with E-state index in [-0.39, 0.29) is 23.7 Å². The SMILES string of the molecule is CC(CC(=O)N(C)CC1CCN(C(=O)OC(C)(C)C)CC1)c1ccc(F)cc1. The lowest BCUT2D eigenvalue weighted by Gasteiger charge is -2.35. The number of benzene rings is 1. The van der Waals surface area contributed by atoms with Gasteiger partial charge in [-0.1, -0.05) is 19.1 Å². The smallest absolute Gasteiger partial charge is 0.410 e. The second kappa shape index (κ2) is 9.39. The van der Waals surface area contributed by atoms with Gasteiger partial charge in [0.25, 0.3) is 0 Å². The molecule has 0 N–H and O–H groups in total. The molecule has 0 bridgehead atoms. The predicted molar refractivity (Wildman–Crippen MR) is 108 cm³/mol. The first-order chi connectivity index (χ1) is 13.0. The van der Waals surface area contributed by atoms with Crippen LogP contribution in [0.4, 0.5) is 9.18 Å². The summed E-state index contributed by atoms with van der Waals surface area (Å²) in [5, 5.41) is 0. The number of likely N-dealkylation sites (tertiary alicyclic amines) is 1. The summed E-state index contributed by atoms with van der Waals surface area (Å²) in [6.07, 6.45) is 1.87. The van der Waals surface area contributed by atoms with Gasteiger partial charge < -0.3 is 14.5 Å². The summed E-state index contributed by atoms with van der Waals surface area (Å²) < 4.78 is 18.5. The van der Waals surface area contributed by atoms with Gasteiger partial charge in [0.1, 0.15) is 11.4 Å². The summed E-state index contributed by atoms with van der Waals surface area (Å²) >= 11 is 0. The maximum Gasteiger partial charge on any atom is 0.410 e. The van der Waals surface area contributed by atoms with Gasteiger partial charge in [-0.3, -0.25) is 4.79 Å². The largest absolute Gasteiger partial charge is 0.444 e. The molecule has 1 aliphatic rings. The Morgan fingerprint density at radius 3 is 2.32 bits per heavy atom. The van der Waals surface area contributed by atoms with Crippen LogP contribution in [0.25, 0.3) is 0 Å². The highest BCUT2D eigenvalue weighted by atomic mass is 19.1. The number of nitrogens with zero attached hydrogens (tertiary/aromatic N) is 2. The van der Waals surface area contributed by atoms with Crippen molar-refractivity contribution in [3.8, 4) is 0 Å². The number of carbonyl (C=O) groups excluding carboxylic acids is 2. The molecule has 2 rings (SSSR count). The normalized spacial score (nSPS) is 16.6. The minimum atomic E-state index is -0.484. The number of carbonyl (C=O) groups is 2. The number of hydrogen-bond acceptors (Lipinski definition) is 3. The Morgan fingerprint density at radius 1 is 1.21 bits per heavy atom. The highest BCUT2D eigenvalue weighted by Gasteiger charge is 2.28. The fourth-order valence-electron chi connectivity index (χ4n) is 3.44.